The Morgan fingerprint density at radius 3 is 2.54 bits per heavy atom. The highest BCUT2D eigenvalue weighted by molar-refractivity contribution is 5.78. The molecule has 0 fully saturated rings. The average Bonchev–Trinajstić information content (AvgIpc) is 3.02. The van der Waals surface area contributed by atoms with E-state index >= 15 is 0 Å². The molecule has 1 atom stereocenters. The molecule has 0 saturated carbocycles. The first kappa shape index (κ1) is 19.9. The highest BCUT2D eigenvalue weighted by Crippen LogP contribution is 2.33. The number of nitrogens with one attached hydrogen (secondary N) is 1. The summed E-state index contributed by atoms with van der Waals surface area (Å²) < 4.78 is 5.63. The molecule has 148 valence electrons. The predicted octanol–water partition coefficient (Wildman–Crippen LogP) is 3.13. The van der Waals surface area contributed by atoms with Crippen LogP contribution in [0.15, 0.2) is 23.1 Å². The van der Waals surface area contributed by atoms with Gasteiger partial charge in [-0.05, 0) is 41.3 Å². The first-order valence-corrected chi connectivity index (χ1v) is 9.41. The summed E-state index contributed by atoms with van der Waals surface area (Å²) in [4.78, 5) is 20.3. The molecule has 0 radical (unpaired) electrons. The van der Waals surface area contributed by atoms with Gasteiger partial charge >= 0.3 is 0 Å². The van der Waals surface area contributed by atoms with E-state index in [4.69, 9.17) is 9.51 Å². The molecule has 3 aromatic rings. The summed E-state index contributed by atoms with van der Waals surface area (Å²) in [5.74, 6) is 1.23. The third-order valence-corrected chi connectivity index (χ3v) is 4.41. The van der Waals surface area contributed by atoms with Crippen molar-refractivity contribution in [3.63, 3.8) is 0 Å². The Bertz CT molecular complexity index is 934. The second-order valence-electron chi connectivity index (χ2n) is 7.24. The first-order valence-electron chi connectivity index (χ1n) is 9.41. The molecule has 0 amide bonds. The molecule has 1 N–H and O–H groups in total. The SMILES string of the molecule is CCc1c(C)noc1-c1cnc(NC(C)CN(C)C)nc1-c1cnc(C)cn1. The van der Waals surface area contributed by atoms with E-state index in [0.717, 1.165) is 35.5 Å². The van der Waals surface area contributed by atoms with E-state index in [2.05, 4.69) is 44.2 Å². The fraction of sp³-hybridized carbons (Fsp3) is 0.450. The topological polar surface area (TPSA) is 92.9 Å². The lowest BCUT2D eigenvalue weighted by Crippen LogP contribution is -2.30. The minimum Gasteiger partial charge on any atom is -0.356 e. The summed E-state index contributed by atoms with van der Waals surface area (Å²) in [6.07, 6.45) is 6.04. The molecule has 3 aromatic heterocycles. The van der Waals surface area contributed by atoms with Gasteiger partial charge in [0.15, 0.2) is 5.76 Å². The van der Waals surface area contributed by atoms with Crippen molar-refractivity contribution in [2.45, 2.75) is 40.2 Å². The zero-order chi connectivity index (χ0) is 20.3. The van der Waals surface area contributed by atoms with Crippen molar-refractivity contribution in [1.29, 1.82) is 0 Å². The molecule has 0 aromatic carbocycles. The van der Waals surface area contributed by atoms with Crippen molar-refractivity contribution in [3.8, 4) is 22.7 Å². The van der Waals surface area contributed by atoms with E-state index < -0.39 is 0 Å². The highest BCUT2D eigenvalue weighted by atomic mass is 16.5. The molecule has 28 heavy (non-hydrogen) atoms. The first-order chi connectivity index (χ1) is 13.4. The molecule has 8 heteroatoms. The lowest BCUT2D eigenvalue weighted by atomic mass is 10.0. The van der Waals surface area contributed by atoms with Gasteiger partial charge in [0.25, 0.3) is 0 Å². The molecule has 3 heterocycles. The minimum absolute atomic E-state index is 0.191. The summed E-state index contributed by atoms with van der Waals surface area (Å²) in [5, 5.41) is 7.48. The van der Waals surface area contributed by atoms with E-state index in [1.807, 2.05) is 27.9 Å². The average molecular weight is 381 g/mol. The Morgan fingerprint density at radius 2 is 1.89 bits per heavy atom. The van der Waals surface area contributed by atoms with Crippen molar-refractivity contribution in [2.75, 3.05) is 26.0 Å². The van der Waals surface area contributed by atoms with Gasteiger partial charge in [0.1, 0.15) is 11.4 Å². The normalized spacial score (nSPS) is 12.4. The van der Waals surface area contributed by atoms with Crippen LogP contribution in [0, 0.1) is 13.8 Å². The Hall–Kier alpha value is -2.87. The van der Waals surface area contributed by atoms with Crippen LogP contribution in [0.5, 0.6) is 0 Å². The predicted molar refractivity (Wildman–Crippen MR) is 109 cm³/mol. The molecule has 3 rings (SSSR count). The maximum absolute atomic E-state index is 5.63. The monoisotopic (exact) mass is 381 g/mol. The minimum atomic E-state index is 0.191. The molecule has 1 unspecified atom stereocenters. The number of hydrogen-bond acceptors (Lipinski definition) is 8. The molecule has 8 nitrogen and oxygen atoms in total. The van der Waals surface area contributed by atoms with Crippen LogP contribution in [0.25, 0.3) is 22.7 Å². The van der Waals surface area contributed by atoms with Crippen molar-refractivity contribution >= 4 is 5.95 Å². The number of anilines is 1. The maximum Gasteiger partial charge on any atom is 0.223 e. The Labute approximate surface area is 165 Å². The molecule has 0 bridgehead atoms. The Morgan fingerprint density at radius 1 is 1.11 bits per heavy atom. The number of likely N-dealkylation sites (N-methyl/N-ethyl adjacent to an activating group) is 1. The van der Waals surface area contributed by atoms with Gasteiger partial charge in [-0.3, -0.25) is 9.97 Å². The third-order valence-electron chi connectivity index (χ3n) is 4.41. The van der Waals surface area contributed by atoms with E-state index in [0.29, 0.717) is 23.1 Å². The van der Waals surface area contributed by atoms with Crippen LogP contribution in [0.4, 0.5) is 5.95 Å². The van der Waals surface area contributed by atoms with Crippen molar-refractivity contribution in [3.05, 3.63) is 35.5 Å². The zero-order valence-corrected chi connectivity index (χ0v) is 17.3. The van der Waals surface area contributed by atoms with Crippen LogP contribution < -0.4 is 5.32 Å². The molecule has 0 saturated heterocycles. The van der Waals surface area contributed by atoms with Gasteiger partial charge in [-0.25, -0.2) is 9.97 Å². The van der Waals surface area contributed by atoms with Gasteiger partial charge < -0.3 is 14.7 Å². The zero-order valence-electron chi connectivity index (χ0n) is 17.3. The second kappa shape index (κ2) is 8.43. The summed E-state index contributed by atoms with van der Waals surface area (Å²) in [6.45, 7) is 8.89. The van der Waals surface area contributed by atoms with E-state index in [9.17, 15) is 0 Å². The van der Waals surface area contributed by atoms with E-state index in [-0.39, 0.29) is 6.04 Å². The summed E-state index contributed by atoms with van der Waals surface area (Å²) in [5.41, 5.74) is 4.88. The van der Waals surface area contributed by atoms with Crippen LogP contribution in [-0.2, 0) is 6.42 Å². The number of hydrogen-bond donors (Lipinski definition) is 1. The van der Waals surface area contributed by atoms with Gasteiger partial charge in [0, 0.05) is 30.5 Å². The third kappa shape index (κ3) is 4.33. The van der Waals surface area contributed by atoms with Gasteiger partial charge in [-0.1, -0.05) is 12.1 Å². The molecular formula is C20H27N7O. The van der Waals surface area contributed by atoms with Gasteiger partial charge in [0.2, 0.25) is 5.95 Å². The fourth-order valence-electron chi connectivity index (χ4n) is 3.16. The van der Waals surface area contributed by atoms with E-state index in [1.165, 1.54) is 0 Å². The lowest BCUT2D eigenvalue weighted by Gasteiger charge is -2.18. The molecule has 0 aliphatic carbocycles. The number of nitrogens with zero attached hydrogens (tertiary/aromatic N) is 6. The van der Waals surface area contributed by atoms with Gasteiger partial charge in [-0.2, -0.15) is 0 Å². The van der Waals surface area contributed by atoms with E-state index in [1.54, 1.807) is 18.6 Å². The van der Waals surface area contributed by atoms with Crippen LogP contribution in [0.1, 0.15) is 30.8 Å². The molecule has 0 spiro atoms. The van der Waals surface area contributed by atoms with Crippen molar-refractivity contribution in [2.24, 2.45) is 0 Å². The Balaban J connectivity index is 2.07. The summed E-state index contributed by atoms with van der Waals surface area (Å²) >= 11 is 0. The molecular weight excluding hydrogens is 354 g/mol. The van der Waals surface area contributed by atoms with Gasteiger partial charge in [0.05, 0.1) is 23.1 Å². The van der Waals surface area contributed by atoms with Gasteiger partial charge in [-0.15, -0.1) is 0 Å². The standard InChI is InChI=1S/C20H27N7O/c1-7-15-14(4)26-28-19(15)16-9-23-20(24-13(3)11-27(5)6)25-18(16)17-10-21-12(2)8-22-17/h8-10,13H,7,11H2,1-6H3,(H,23,24,25). The number of aryl methyl sites for hydroxylation is 2. The fourth-order valence-corrected chi connectivity index (χ4v) is 3.16. The molecule has 0 aliphatic rings. The van der Waals surface area contributed by atoms with Crippen LogP contribution in [0.2, 0.25) is 0 Å². The lowest BCUT2D eigenvalue weighted by molar-refractivity contribution is 0.391. The smallest absolute Gasteiger partial charge is 0.223 e. The van der Waals surface area contributed by atoms with Crippen LogP contribution in [-0.4, -0.2) is 56.7 Å². The quantitative estimate of drug-likeness (QED) is 0.667. The summed E-state index contributed by atoms with van der Waals surface area (Å²) in [7, 11) is 4.07. The van der Waals surface area contributed by atoms with Crippen molar-refractivity contribution in [1.82, 2.24) is 30.0 Å². The van der Waals surface area contributed by atoms with Crippen LogP contribution in [0.3, 0.4) is 0 Å². The largest absolute Gasteiger partial charge is 0.356 e. The highest BCUT2D eigenvalue weighted by Gasteiger charge is 2.21. The number of rotatable bonds is 7. The molecule has 0 aliphatic heterocycles. The Kier molecular flexibility index (Phi) is 5.99. The maximum atomic E-state index is 5.63. The van der Waals surface area contributed by atoms with Crippen molar-refractivity contribution < 1.29 is 4.52 Å². The van der Waals surface area contributed by atoms with Crippen LogP contribution >= 0.6 is 0 Å². The second-order valence-corrected chi connectivity index (χ2v) is 7.24. The summed E-state index contributed by atoms with van der Waals surface area (Å²) in [6, 6.07) is 0.191. The number of aromatic nitrogens is 5.